The number of hydrogen-bond donors (Lipinski definition) is 1. The summed E-state index contributed by atoms with van der Waals surface area (Å²) < 4.78 is 2.04. The van der Waals surface area contributed by atoms with E-state index in [0.717, 1.165) is 12.8 Å². The van der Waals surface area contributed by atoms with Crippen molar-refractivity contribution in [2.24, 2.45) is 0 Å². The molecule has 1 saturated heterocycles. The minimum atomic E-state index is -0.210. The zero-order valence-corrected chi connectivity index (χ0v) is 19.2. The lowest BCUT2D eigenvalue weighted by Gasteiger charge is -2.14. The highest BCUT2D eigenvalue weighted by atomic mass is 32.2. The summed E-state index contributed by atoms with van der Waals surface area (Å²) in [5, 5.41) is 3.14. The predicted octanol–water partition coefficient (Wildman–Crippen LogP) is 4.69. The quantitative estimate of drug-likeness (QED) is 0.326. The smallest absolute Gasteiger partial charge is 0.267 e. The van der Waals surface area contributed by atoms with E-state index in [9.17, 15) is 9.59 Å². The molecule has 1 aliphatic rings. The molecule has 0 atom stereocenters. The molecule has 2 aromatic rings. The summed E-state index contributed by atoms with van der Waals surface area (Å²) in [5.74, 6) is 0.355. The number of nitrogens with zero attached hydrogens (tertiary/aromatic N) is 3. The second-order valence-electron chi connectivity index (χ2n) is 7.24. The van der Waals surface area contributed by atoms with Gasteiger partial charge >= 0.3 is 0 Å². The number of unbranched alkanes of at least 4 members (excludes halogenated alkanes) is 5. The van der Waals surface area contributed by atoms with Crippen LogP contribution in [0.1, 0.15) is 57.9 Å². The third kappa shape index (κ3) is 5.10. The Morgan fingerprint density at radius 2 is 1.90 bits per heavy atom. The Labute approximate surface area is 186 Å². The van der Waals surface area contributed by atoms with Gasteiger partial charge in [-0.05, 0) is 31.6 Å². The van der Waals surface area contributed by atoms with Gasteiger partial charge in [0.1, 0.15) is 15.8 Å². The fraction of sp³-hybridized carbons (Fsp3) is 0.455. The number of anilines is 1. The summed E-state index contributed by atoms with van der Waals surface area (Å²) in [6.45, 7) is 5.39. The number of aromatic nitrogens is 2. The van der Waals surface area contributed by atoms with Gasteiger partial charge in [0.15, 0.2) is 0 Å². The topological polar surface area (TPSA) is 66.7 Å². The molecule has 0 saturated carbocycles. The van der Waals surface area contributed by atoms with Crippen molar-refractivity contribution in [3.63, 3.8) is 0 Å². The Bertz CT molecular complexity index is 1020. The minimum absolute atomic E-state index is 0.126. The standard InChI is InChI=1S/C22H28N4O2S2/c1-3-5-6-7-8-10-14-26-21(28)17(30-22(26)29)15-16-19(23-4-2)24-18-12-9-11-13-25(18)20(16)27/h9,11-13,15,23H,3-8,10,14H2,1-2H3/b17-15+. The van der Waals surface area contributed by atoms with Crippen LogP contribution in [0.4, 0.5) is 5.82 Å². The molecule has 160 valence electrons. The number of thiocarbonyl (C=S) groups is 1. The molecule has 1 amide bonds. The van der Waals surface area contributed by atoms with Crippen molar-refractivity contribution in [3.05, 3.63) is 45.2 Å². The lowest BCUT2D eigenvalue weighted by atomic mass is 10.1. The molecule has 6 nitrogen and oxygen atoms in total. The van der Waals surface area contributed by atoms with E-state index in [1.165, 1.54) is 41.8 Å². The minimum Gasteiger partial charge on any atom is -0.370 e. The van der Waals surface area contributed by atoms with Gasteiger partial charge in [0, 0.05) is 19.3 Å². The monoisotopic (exact) mass is 444 g/mol. The second kappa shape index (κ2) is 10.7. The predicted molar refractivity (Wildman–Crippen MR) is 129 cm³/mol. The molecule has 1 aliphatic heterocycles. The molecule has 2 aromatic heterocycles. The van der Waals surface area contributed by atoms with Crippen molar-refractivity contribution in [1.29, 1.82) is 0 Å². The van der Waals surface area contributed by atoms with Crippen LogP contribution in [0, 0.1) is 0 Å². The van der Waals surface area contributed by atoms with Crippen LogP contribution in [0.2, 0.25) is 0 Å². The molecule has 1 fully saturated rings. The van der Waals surface area contributed by atoms with E-state index in [-0.39, 0.29) is 11.5 Å². The van der Waals surface area contributed by atoms with Crippen molar-refractivity contribution < 1.29 is 4.79 Å². The van der Waals surface area contributed by atoms with Gasteiger partial charge in [-0.2, -0.15) is 0 Å². The summed E-state index contributed by atoms with van der Waals surface area (Å²) in [5.41, 5.74) is 0.726. The normalized spacial score (nSPS) is 15.5. The molecule has 0 bridgehead atoms. The van der Waals surface area contributed by atoms with E-state index in [2.05, 4.69) is 17.2 Å². The first-order valence-electron chi connectivity index (χ1n) is 10.6. The van der Waals surface area contributed by atoms with E-state index in [0.29, 0.717) is 39.3 Å². The van der Waals surface area contributed by atoms with Gasteiger partial charge in [-0.3, -0.25) is 18.9 Å². The molecule has 1 N–H and O–H groups in total. The SMILES string of the molecule is CCCCCCCCN1C(=O)/C(=C\c2c(NCC)nc3ccccn3c2=O)SC1=S. The molecule has 0 aromatic carbocycles. The third-order valence-corrected chi connectivity index (χ3v) is 6.38. The maximum atomic E-state index is 13.1. The summed E-state index contributed by atoms with van der Waals surface area (Å²) in [6, 6.07) is 5.41. The van der Waals surface area contributed by atoms with Gasteiger partial charge < -0.3 is 5.32 Å². The molecular weight excluding hydrogens is 416 g/mol. The Hall–Kier alpha value is -2.19. The van der Waals surface area contributed by atoms with E-state index < -0.39 is 0 Å². The number of nitrogens with one attached hydrogen (secondary N) is 1. The van der Waals surface area contributed by atoms with Crippen LogP contribution in [0.5, 0.6) is 0 Å². The molecule has 0 radical (unpaired) electrons. The van der Waals surface area contributed by atoms with E-state index in [1.54, 1.807) is 29.3 Å². The lowest BCUT2D eigenvalue weighted by molar-refractivity contribution is -0.122. The number of carbonyl (C=O) groups excluding carboxylic acids is 1. The van der Waals surface area contributed by atoms with E-state index in [1.807, 2.05) is 13.0 Å². The van der Waals surface area contributed by atoms with Crippen LogP contribution in [-0.4, -0.2) is 37.6 Å². The van der Waals surface area contributed by atoms with Crippen LogP contribution in [0.3, 0.4) is 0 Å². The van der Waals surface area contributed by atoms with E-state index in [4.69, 9.17) is 12.2 Å². The van der Waals surface area contributed by atoms with Crippen LogP contribution >= 0.6 is 24.0 Å². The van der Waals surface area contributed by atoms with Crippen LogP contribution < -0.4 is 10.9 Å². The molecule has 0 spiro atoms. The Morgan fingerprint density at radius 1 is 1.13 bits per heavy atom. The molecular formula is C22H28N4O2S2. The van der Waals surface area contributed by atoms with Crippen molar-refractivity contribution >= 4 is 51.7 Å². The largest absolute Gasteiger partial charge is 0.370 e. The van der Waals surface area contributed by atoms with Crippen molar-refractivity contribution in [2.45, 2.75) is 52.4 Å². The number of fused-ring (bicyclic) bond motifs is 1. The van der Waals surface area contributed by atoms with Gasteiger partial charge in [-0.1, -0.05) is 69.1 Å². The van der Waals surface area contributed by atoms with Gasteiger partial charge in [0.2, 0.25) is 0 Å². The van der Waals surface area contributed by atoms with Crippen molar-refractivity contribution in [3.8, 4) is 0 Å². The first-order valence-corrected chi connectivity index (χ1v) is 11.8. The number of amides is 1. The van der Waals surface area contributed by atoms with Gasteiger partial charge in [0.25, 0.3) is 11.5 Å². The summed E-state index contributed by atoms with van der Waals surface area (Å²) in [4.78, 5) is 32.7. The Morgan fingerprint density at radius 3 is 2.67 bits per heavy atom. The van der Waals surface area contributed by atoms with Gasteiger partial charge in [0.05, 0.1) is 10.5 Å². The highest BCUT2D eigenvalue weighted by molar-refractivity contribution is 8.26. The van der Waals surface area contributed by atoms with Crippen LogP contribution in [0.25, 0.3) is 11.7 Å². The van der Waals surface area contributed by atoms with Gasteiger partial charge in [-0.25, -0.2) is 4.98 Å². The Kier molecular flexibility index (Phi) is 8.04. The second-order valence-corrected chi connectivity index (χ2v) is 8.92. The number of rotatable bonds is 10. The van der Waals surface area contributed by atoms with Gasteiger partial charge in [-0.15, -0.1) is 0 Å². The molecule has 0 unspecified atom stereocenters. The fourth-order valence-corrected chi connectivity index (χ4v) is 4.70. The molecule has 3 rings (SSSR count). The maximum Gasteiger partial charge on any atom is 0.267 e. The highest BCUT2D eigenvalue weighted by Crippen LogP contribution is 2.33. The number of hydrogen-bond acceptors (Lipinski definition) is 6. The number of thioether (sulfide) groups is 1. The number of carbonyl (C=O) groups is 1. The zero-order valence-electron chi connectivity index (χ0n) is 17.5. The van der Waals surface area contributed by atoms with Crippen molar-refractivity contribution in [1.82, 2.24) is 14.3 Å². The summed E-state index contributed by atoms with van der Waals surface area (Å²) in [7, 11) is 0. The van der Waals surface area contributed by atoms with Crippen molar-refractivity contribution in [2.75, 3.05) is 18.4 Å². The molecule has 0 aliphatic carbocycles. The van der Waals surface area contributed by atoms with Crippen LogP contribution in [-0.2, 0) is 4.79 Å². The van der Waals surface area contributed by atoms with Crippen LogP contribution in [0.15, 0.2) is 34.1 Å². The Balaban J connectivity index is 1.81. The highest BCUT2D eigenvalue weighted by Gasteiger charge is 2.32. The average Bonchev–Trinajstić information content (AvgIpc) is 3.00. The molecule has 8 heteroatoms. The molecule has 3 heterocycles. The summed E-state index contributed by atoms with van der Waals surface area (Å²) >= 11 is 6.69. The third-order valence-electron chi connectivity index (χ3n) is 5.00. The maximum absolute atomic E-state index is 13.1. The lowest BCUT2D eigenvalue weighted by Crippen LogP contribution is -2.29. The number of pyridine rings is 1. The first-order chi connectivity index (χ1) is 14.6. The zero-order chi connectivity index (χ0) is 21.5. The first kappa shape index (κ1) is 22.5. The fourth-order valence-electron chi connectivity index (χ4n) is 3.41. The molecule has 30 heavy (non-hydrogen) atoms. The summed E-state index contributed by atoms with van der Waals surface area (Å²) in [6.07, 6.45) is 10.2. The average molecular weight is 445 g/mol. The van der Waals surface area contributed by atoms with E-state index >= 15 is 0 Å².